The van der Waals surface area contributed by atoms with Crippen LogP contribution in [0.4, 0.5) is 11.6 Å². The van der Waals surface area contributed by atoms with Gasteiger partial charge in [-0.05, 0) is 43.5 Å². The molecular formula is C27H36N8O7. The van der Waals surface area contributed by atoms with Gasteiger partial charge in [-0.3, -0.25) is 19.4 Å². The number of carbonyl (C=O) groups is 3. The highest BCUT2D eigenvalue weighted by Crippen LogP contribution is 2.13. The first-order valence-electron chi connectivity index (χ1n) is 13.5. The van der Waals surface area contributed by atoms with Gasteiger partial charge in [-0.1, -0.05) is 0 Å². The Hall–Kier alpha value is -4.47. The number of hydrogen-bond acceptors (Lipinski definition) is 12. The lowest BCUT2D eigenvalue weighted by molar-refractivity contribution is -0.139. The first kappa shape index (κ1) is 32.0. The highest BCUT2D eigenvalue weighted by molar-refractivity contribution is 5.97. The molecule has 42 heavy (non-hydrogen) atoms. The summed E-state index contributed by atoms with van der Waals surface area (Å²) in [6.07, 6.45) is 3.15. The highest BCUT2D eigenvalue weighted by atomic mass is 16.5. The average molecular weight is 585 g/mol. The number of H-pyrrole nitrogens is 1. The number of nitrogens with one attached hydrogen (secondary N) is 3. The van der Waals surface area contributed by atoms with Crippen LogP contribution < -0.4 is 27.7 Å². The van der Waals surface area contributed by atoms with Crippen LogP contribution in [-0.2, 0) is 25.6 Å². The number of carboxylic acids is 1. The number of anilines is 2. The van der Waals surface area contributed by atoms with Crippen molar-refractivity contribution in [2.24, 2.45) is 5.73 Å². The normalized spacial score (nSPS) is 11.7. The Morgan fingerprint density at radius 1 is 1.00 bits per heavy atom. The molecule has 1 atom stereocenters. The van der Waals surface area contributed by atoms with E-state index in [0.29, 0.717) is 63.6 Å². The lowest BCUT2D eigenvalue weighted by atomic mass is 10.0. The van der Waals surface area contributed by atoms with Crippen molar-refractivity contribution in [2.75, 3.05) is 44.0 Å². The Bertz CT molecular complexity index is 1400. The molecule has 0 radical (unpaired) electrons. The minimum Gasteiger partial charge on any atom is -0.480 e. The van der Waals surface area contributed by atoms with E-state index < -0.39 is 23.5 Å². The van der Waals surface area contributed by atoms with Gasteiger partial charge >= 0.3 is 5.97 Å². The van der Waals surface area contributed by atoms with Crippen LogP contribution in [0.5, 0.6) is 0 Å². The van der Waals surface area contributed by atoms with Gasteiger partial charge in [-0.15, -0.1) is 0 Å². The van der Waals surface area contributed by atoms with Gasteiger partial charge in [0.15, 0.2) is 11.2 Å². The second-order valence-electron chi connectivity index (χ2n) is 9.33. The number of aromatic amines is 1. The molecule has 3 rings (SSSR count). The summed E-state index contributed by atoms with van der Waals surface area (Å²) >= 11 is 0. The summed E-state index contributed by atoms with van der Waals surface area (Å²) in [5.74, 6) is -1.90. The maximum atomic E-state index is 12.7. The number of hydrogen-bond donors (Lipinski definition) is 6. The molecule has 0 fully saturated rings. The fraction of sp³-hybridized carbons (Fsp3) is 0.444. The summed E-state index contributed by atoms with van der Waals surface area (Å²) < 4.78 is 10.6. The summed E-state index contributed by atoms with van der Waals surface area (Å²) in [6, 6.07) is 5.18. The number of carbonyl (C=O) groups excluding carboxylic acids is 2. The number of benzene rings is 1. The number of nitrogens with two attached hydrogens (primary N) is 2. The largest absolute Gasteiger partial charge is 0.480 e. The Labute approximate surface area is 241 Å². The monoisotopic (exact) mass is 584 g/mol. The Morgan fingerprint density at radius 3 is 2.45 bits per heavy atom. The van der Waals surface area contributed by atoms with Gasteiger partial charge in [0.1, 0.15) is 11.8 Å². The SMILES string of the molecule is NCCOCCOCCCCC(=O)CC[C@@H](NC(=O)c1ccc(NCc2cnc3nc(N)[nH]c(=O)c3n2)cc1)C(=O)O. The summed E-state index contributed by atoms with van der Waals surface area (Å²) in [5.41, 5.74) is 12.0. The molecule has 0 saturated carbocycles. The third-order valence-electron chi connectivity index (χ3n) is 6.05. The van der Waals surface area contributed by atoms with E-state index in [9.17, 15) is 24.3 Å². The maximum absolute atomic E-state index is 12.7. The topological polar surface area (TPSA) is 238 Å². The number of aromatic nitrogens is 4. The average Bonchev–Trinajstić information content (AvgIpc) is 2.97. The molecule has 0 bridgehead atoms. The Balaban J connectivity index is 1.40. The first-order valence-corrected chi connectivity index (χ1v) is 13.5. The summed E-state index contributed by atoms with van der Waals surface area (Å²) in [7, 11) is 0. The van der Waals surface area contributed by atoms with Crippen molar-refractivity contribution in [1.29, 1.82) is 0 Å². The predicted molar refractivity (Wildman–Crippen MR) is 154 cm³/mol. The zero-order chi connectivity index (χ0) is 30.3. The number of carboxylic acid groups (broad SMARTS) is 1. The fourth-order valence-corrected chi connectivity index (χ4v) is 3.85. The van der Waals surface area contributed by atoms with E-state index in [1.807, 2.05) is 0 Å². The minimum absolute atomic E-state index is 0.00767. The number of ether oxygens (including phenoxy) is 2. The van der Waals surface area contributed by atoms with Crippen LogP contribution in [0.25, 0.3) is 11.2 Å². The molecule has 15 heteroatoms. The van der Waals surface area contributed by atoms with Gasteiger partial charge in [0.05, 0.1) is 38.3 Å². The third-order valence-corrected chi connectivity index (χ3v) is 6.05. The molecular weight excluding hydrogens is 548 g/mol. The van der Waals surface area contributed by atoms with E-state index in [0.717, 1.165) is 0 Å². The summed E-state index contributed by atoms with van der Waals surface area (Å²) in [5, 5.41) is 15.1. The molecule has 3 aromatic rings. The van der Waals surface area contributed by atoms with E-state index in [-0.39, 0.29) is 47.8 Å². The second-order valence-corrected chi connectivity index (χ2v) is 9.33. The van der Waals surface area contributed by atoms with Gasteiger partial charge < -0.3 is 36.7 Å². The van der Waals surface area contributed by atoms with Crippen molar-refractivity contribution < 1.29 is 29.0 Å². The molecule has 8 N–H and O–H groups in total. The number of nitrogen functional groups attached to an aromatic ring is 1. The van der Waals surface area contributed by atoms with Crippen molar-refractivity contribution >= 4 is 40.5 Å². The van der Waals surface area contributed by atoms with Crippen LogP contribution >= 0.6 is 0 Å². The summed E-state index contributed by atoms with van der Waals surface area (Å²) in [6.45, 7) is 2.64. The molecule has 0 aliphatic heterocycles. The molecule has 0 aliphatic carbocycles. The van der Waals surface area contributed by atoms with E-state index in [1.54, 1.807) is 12.1 Å². The molecule has 0 aliphatic rings. The van der Waals surface area contributed by atoms with E-state index >= 15 is 0 Å². The molecule has 15 nitrogen and oxygen atoms in total. The number of nitrogens with zero attached hydrogens (tertiary/aromatic N) is 3. The molecule has 0 unspecified atom stereocenters. The van der Waals surface area contributed by atoms with Crippen LogP contribution in [0.2, 0.25) is 0 Å². The molecule has 1 amide bonds. The van der Waals surface area contributed by atoms with Gasteiger partial charge in [0.2, 0.25) is 5.95 Å². The Morgan fingerprint density at radius 2 is 1.74 bits per heavy atom. The number of amides is 1. The first-order chi connectivity index (χ1) is 20.3. The van der Waals surface area contributed by atoms with Crippen molar-refractivity contribution in [2.45, 2.75) is 44.7 Å². The Kier molecular flexibility index (Phi) is 12.8. The lowest BCUT2D eigenvalue weighted by Gasteiger charge is -2.14. The van der Waals surface area contributed by atoms with E-state index in [1.165, 1.54) is 18.3 Å². The van der Waals surface area contributed by atoms with Crippen molar-refractivity contribution in [3.63, 3.8) is 0 Å². The second kappa shape index (κ2) is 16.7. The van der Waals surface area contributed by atoms with Crippen LogP contribution in [0.3, 0.4) is 0 Å². The molecule has 0 spiro atoms. The van der Waals surface area contributed by atoms with Gasteiger partial charge in [0.25, 0.3) is 11.5 Å². The predicted octanol–water partition coefficient (Wildman–Crippen LogP) is 0.602. The quantitative estimate of drug-likeness (QED) is 0.106. The van der Waals surface area contributed by atoms with Crippen LogP contribution in [0.15, 0.2) is 35.3 Å². The van der Waals surface area contributed by atoms with Crippen LogP contribution in [0, 0.1) is 0 Å². The van der Waals surface area contributed by atoms with Crippen LogP contribution in [0.1, 0.15) is 48.2 Å². The zero-order valence-electron chi connectivity index (χ0n) is 23.1. The van der Waals surface area contributed by atoms with Gasteiger partial charge in [-0.25, -0.2) is 14.8 Å². The lowest BCUT2D eigenvalue weighted by Crippen LogP contribution is -2.41. The van der Waals surface area contributed by atoms with Crippen molar-refractivity contribution in [1.82, 2.24) is 25.3 Å². The minimum atomic E-state index is -1.21. The number of Topliss-reactive ketones (excluding diaryl/α,β-unsaturated/α-hetero) is 1. The third kappa shape index (κ3) is 10.5. The number of rotatable bonds is 19. The van der Waals surface area contributed by atoms with Crippen molar-refractivity contribution in [3.05, 3.63) is 52.1 Å². The van der Waals surface area contributed by atoms with Gasteiger partial charge in [-0.2, -0.15) is 4.98 Å². The smallest absolute Gasteiger partial charge is 0.326 e. The van der Waals surface area contributed by atoms with Crippen molar-refractivity contribution in [3.8, 4) is 0 Å². The molecule has 0 saturated heterocycles. The fourth-order valence-electron chi connectivity index (χ4n) is 3.85. The standard InChI is InChI=1S/C27H36N8O7/c28-10-12-42-14-13-41-11-2-1-3-20(36)8-9-21(26(39)40)33-24(37)17-4-6-18(7-5-17)30-15-19-16-31-23-22(32-19)25(38)35-27(29)34-23/h4-7,16,21,30H,1-3,8-15,28H2,(H,33,37)(H,39,40)(H3,29,31,34,35,38)/t21-/m1/s1. The van der Waals surface area contributed by atoms with E-state index in [2.05, 4.69) is 30.6 Å². The van der Waals surface area contributed by atoms with E-state index in [4.69, 9.17) is 20.9 Å². The zero-order valence-corrected chi connectivity index (χ0v) is 23.1. The molecule has 226 valence electrons. The number of aliphatic carboxylic acids is 1. The molecule has 2 heterocycles. The highest BCUT2D eigenvalue weighted by Gasteiger charge is 2.21. The molecule has 1 aromatic carbocycles. The number of unbranched alkanes of at least 4 members (excludes halogenated alkanes) is 1. The number of fused-ring (bicyclic) bond motifs is 1. The van der Waals surface area contributed by atoms with Gasteiger partial charge in [0, 0.05) is 37.2 Å². The summed E-state index contributed by atoms with van der Waals surface area (Å²) in [4.78, 5) is 63.2. The number of ketones is 1. The van der Waals surface area contributed by atoms with Crippen LogP contribution in [-0.4, -0.2) is 81.7 Å². The molecule has 2 aromatic heterocycles. The maximum Gasteiger partial charge on any atom is 0.326 e.